The molecule has 6 heteroatoms. The number of nitrogens with zero attached hydrogens (tertiary/aromatic N) is 4. The van der Waals surface area contributed by atoms with Crippen LogP contribution in [0.3, 0.4) is 0 Å². The minimum atomic E-state index is 1.06. The van der Waals surface area contributed by atoms with Crippen molar-refractivity contribution in [2.75, 3.05) is 9.80 Å². The summed E-state index contributed by atoms with van der Waals surface area (Å²) in [6, 6.07) is 113. The number of para-hydroxylation sites is 1. The van der Waals surface area contributed by atoms with Gasteiger partial charge in [0.25, 0.3) is 0 Å². The molecule has 0 N–H and O–H groups in total. The first kappa shape index (κ1) is 53.5. The summed E-state index contributed by atoms with van der Waals surface area (Å²) in [5.74, 6) is 0. The van der Waals surface area contributed by atoms with E-state index in [2.05, 4.69) is 319 Å². The lowest BCUT2D eigenvalue weighted by Crippen LogP contribution is -2.09. The predicted molar refractivity (Wildman–Crippen MR) is 394 cm³/mol. The summed E-state index contributed by atoms with van der Waals surface area (Å²) in [5, 5.41) is 13.5. The topological polar surface area (TPSA) is 32.3 Å². The van der Waals surface area contributed by atoms with Gasteiger partial charge < -0.3 is 9.80 Å². The van der Waals surface area contributed by atoms with Crippen LogP contribution in [0.15, 0.2) is 328 Å². The molecule has 14 aromatic carbocycles. The normalized spacial score (nSPS) is 11.7. The van der Waals surface area contributed by atoms with Crippen LogP contribution in [0.5, 0.6) is 0 Å². The lowest BCUT2D eigenvalue weighted by atomic mass is 9.89. The lowest BCUT2D eigenvalue weighted by molar-refractivity contribution is 1.28. The molecule has 4 aromatic heterocycles. The van der Waals surface area contributed by atoms with Gasteiger partial charge in [0.15, 0.2) is 0 Å². The molecule has 0 radical (unpaired) electrons. The van der Waals surface area contributed by atoms with E-state index >= 15 is 0 Å². The summed E-state index contributed by atoms with van der Waals surface area (Å²) < 4.78 is 4.99. The minimum absolute atomic E-state index is 1.06. The first-order valence-corrected chi connectivity index (χ1v) is 32.8. The first-order valence-electron chi connectivity index (χ1n) is 31.2. The molecule has 0 saturated heterocycles. The third-order valence-corrected chi connectivity index (χ3v) is 20.7. The Hall–Kier alpha value is -11.5. The van der Waals surface area contributed by atoms with Crippen molar-refractivity contribution < 1.29 is 0 Å². The Balaban J connectivity index is 0.686. The van der Waals surface area contributed by atoms with Crippen molar-refractivity contribution in [3.63, 3.8) is 0 Å². The molecule has 0 unspecified atom stereocenters. The van der Waals surface area contributed by atoms with Crippen molar-refractivity contribution in [3.8, 4) is 55.6 Å². The number of benzene rings is 14. The maximum atomic E-state index is 4.99. The summed E-state index contributed by atoms with van der Waals surface area (Å²) in [6.07, 6.45) is 6.03. The Labute approximate surface area is 540 Å². The molecule has 0 atom stereocenters. The molecule has 18 rings (SSSR count). The summed E-state index contributed by atoms with van der Waals surface area (Å²) in [7, 11) is 0. The van der Waals surface area contributed by atoms with Crippen LogP contribution in [-0.2, 0) is 0 Å². The fourth-order valence-corrected chi connectivity index (χ4v) is 16.3. The summed E-state index contributed by atoms with van der Waals surface area (Å²) in [5.41, 5.74) is 19.2. The van der Waals surface area contributed by atoms with Crippen LogP contribution >= 0.6 is 22.7 Å². The largest absolute Gasteiger partial charge is 0.311 e. The smallest absolute Gasteiger partial charge is 0.0888 e. The molecule has 0 aliphatic carbocycles. The van der Waals surface area contributed by atoms with Gasteiger partial charge in [-0.1, -0.05) is 206 Å². The van der Waals surface area contributed by atoms with Crippen LogP contribution < -0.4 is 9.80 Å². The van der Waals surface area contributed by atoms with Crippen LogP contribution in [-0.4, -0.2) is 9.97 Å². The van der Waals surface area contributed by atoms with Crippen LogP contribution in [0.2, 0.25) is 0 Å². The van der Waals surface area contributed by atoms with Crippen LogP contribution in [0.4, 0.5) is 34.1 Å². The van der Waals surface area contributed by atoms with Crippen molar-refractivity contribution in [1.82, 2.24) is 9.97 Å². The fraction of sp³-hybridized carbons (Fsp3) is 0. The Morgan fingerprint density at radius 2 is 0.685 bits per heavy atom. The number of anilines is 6. The summed E-state index contributed by atoms with van der Waals surface area (Å²) in [4.78, 5) is 14.4. The molecule has 430 valence electrons. The van der Waals surface area contributed by atoms with Gasteiger partial charge in [0, 0.05) is 94.1 Å². The van der Waals surface area contributed by atoms with Gasteiger partial charge in [0.1, 0.15) is 0 Å². The average Bonchev–Trinajstić information content (AvgIpc) is 1.26. The maximum absolute atomic E-state index is 4.99. The third kappa shape index (κ3) is 9.18. The zero-order valence-corrected chi connectivity index (χ0v) is 51.4. The van der Waals surface area contributed by atoms with Crippen molar-refractivity contribution in [2.24, 2.45) is 0 Å². The Bertz CT molecular complexity index is 5860. The number of rotatable bonds is 11. The second-order valence-electron chi connectivity index (χ2n) is 23.6. The van der Waals surface area contributed by atoms with Crippen LogP contribution in [0.1, 0.15) is 0 Å². The molecular formula is C86H54N4S2. The van der Waals surface area contributed by atoms with Gasteiger partial charge >= 0.3 is 0 Å². The van der Waals surface area contributed by atoms with Gasteiger partial charge in [-0.3, -0.25) is 9.97 Å². The third-order valence-electron chi connectivity index (χ3n) is 18.4. The first-order chi connectivity index (χ1) is 45.6. The minimum Gasteiger partial charge on any atom is -0.311 e. The molecule has 0 aliphatic rings. The van der Waals surface area contributed by atoms with Gasteiger partial charge in [-0.25, -0.2) is 0 Å². The van der Waals surface area contributed by atoms with Gasteiger partial charge in [-0.05, 0) is 191 Å². The van der Waals surface area contributed by atoms with Crippen molar-refractivity contribution in [1.29, 1.82) is 0 Å². The molecular weight excluding hydrogens is 1150 g/mol. The molecule has 92 heavy (non-hydrogen) atoms. The monoisotopic (exact) mass is 1210 g/mol. The van der Waals surface area contributed by atoms with Gasteiger partial charge in [0.2, 0.25) is 0 Å². The Morgan fingerprint density at radius 1 is 0.239 bits per heavy atom. The molecule has 0 bridgehead atoms. The number of aromatic nitrogens is 2. The molecule has 0 amide bonds. The highest BCUT2D eigenvalue weighted by Gasteiger charge is 2.20. The SMILES string of the molecule is c1ccc(N(c2ccc(-c3cc4cccc(-c5ccc(N(c6ccc(-c7cnc8c(c7)sc7ccccc78)cc6)c6ccc(-c7cc8ccccc8c8ccccc78)cc6)cc5)c4c4ccccc34)cc2)c2ccc(-c3cncc4c3sc3ccccc34)cc2)cc1. The van der Waals surface area contributed by atoms with E-state index in [4.69, 9.17) is 9.97 Å². The lowest BCUT2D eigenvalue weighted by Gasteiger charge is -2.26. The second kappa shape index (κ2) is 22.2. The number of pyridine rings is 2. The molecule has 0 fully saturated rings. The Morgan fingerprint density at radius 3 is 1.30 bits per heavy atom. The van der Waals surface area contributed by atoms with Gasteiger partial charge in [0.05, 0.1) is 10.2 Å². The van der Waals surface area contributed by atoms with Gasteiger partial charge in [-0.15, -0.1) is 22.7 Å². The van der Waals surface area contributed by atoms with Gasteiger partial charge in [-0.2, -0.15) is 0 Å². The van der Waals surface area contributed by atoms with Crippen molar-refractivity contribution in [3.05, 3.63) is 328 Å². The van der Waals surface area contributed by atoms with E-state index < -0.39 is 0 Å². The number of hydrogen-bond donors (Lipinski definition) is 0. The fourth-order valence-electron chi connectivity index (χ4n) is 14.0. The van der Waals surface area contributed by atoms with E-state index in [1.165, 1.54) is 100 Å². The quantitative estimate of drug-likeness (QED) is 0.121. The maximum Gasteiger partial charge on any atom is 0.0888 e. The molecule has 4 nitrogen and oxygen atoms in total. The molecule has 0 aliphatic heterocycles. The number of fused-ring (bicyclic) bond motifs is 12. The summed E-state index contributed by atoms with van der Waals surface area (Å²) in [6.45, 7) is 0. The zero-order chi connectivity index (χ0) is 60.6. The van der Waals surface area contributed by atoms with E-state index in [0.717, 1.165) is 73.0 Å². The van der Waals surface area contributed by atoms with E-state index in [1.54, 1.807) is 11.3 Å². The predicted octanol–water partition coefficient (Wildman–Crippen LogP) is 25.1. The standard InChI is InChI=1S/C86H54N4S2/c1-2-17-63(18-3-1)89(66-47-37-59(38-48-66)79-53-87-54-80-74-23-10-12-27-81(74)92-86(79)80)65-43-35-58(36-44-65)78-50-61-16-14-26-70(84(61)75-24-9-8-22-73(75)78)56-31-41-67(42-32-56)90(64-39-29-55(30-40-64)62-51-83-85(88-52-62)76-25-11-13-28-82(76)91-83)68-45-33-57(34-46-68)77-49-60-15-4-5-19-69(60)71-20-6-7-21-72(71)77/h1-54H. The zero-order valence-electron chi connectivity index (χ0n) is 49.8. The van der Waals surface area contributed by atoms with Crippen LogP contribution in [0, 0.1) is 0 Å². The molecule has 18 aromatic rings. The molecule has 4 heterocycles. The van der Waals surface area contributed by atoms with E-state index in [-0.39, 0.29) is 0 Å². The highest BCUT2D eigenvalue weighted by Crippen LogP contribution is 2.46. The van der Waals surface area contributed by atoms with Crippen molar-refractivity contribution in [2.45, 2.75) is 0 Å². The summed E-state index contributed by atoms with van der Waals surface area (Å²) >= 11 is 3.63. The van der Waals surface area contributed by atoms with Crippen molar-refractivity contribution >= 4 is 140 Å². The average molecular weight is 1210 g/mol. The van der Waals surface area contributed by atoms with E-state index in [9.17, 15) is 0 Å². The van der Waals surface area contributed by atoms with Crippen LogP contribution in [0.25, 0.3) is 139 Å². The highest BCUT2D eigenvalue weighted by molar-refractivity contribution is 7.26. The van der Waals surface area contributed by atoms with E-state index in [1.807, 2.05) is 29.9 Å². The highest BCUT2D eigenvalue weighted by atomic mass is 32.1. The molecule has 0 spiro atoms. The Kier molecular flexibility index (Phi) is 12.9. The van der Waals surface area contributed by atoms with E-state index in [0.29, 0.717) is 0 Å². The number of hydrogen-bond acceptors (Lipinski definition) is 6. The second-order valence-corrected chi connectivity index (χ2v) is 25.8. The molecule has 0 saturated carbocycles. The number of thiophene rings is 2.